The molecule has 0 aliphatic rings. The highest BCUT2D eigenvalue weighted by molar-refractivity contribution is 7.99. The fourth-order valence-corrected chi connectivity index (χ4v) is 1.56. The second-order valence-corrected chi connectivity index (χ2v) is 4.87. The lowest BCUT2D eigenvalue weighted by atomic mass is 10.3. The van der Waals surface area contributed by atoms with E-state index in [2.05, 4.69) is 28.2 Å². The topological polar surface area (TPSA) is 54.1 Å². The summed E-state index contributed by atoms with van der Waals surface area (Å²) < 4.78 is 4.62. The number of nitrogens with one attached hydrogen (secondary N) is 2. The SMILES string of the molecule is COC(=O)c1cc(CNCC(C)SC)c[nH]1. The first-order chi connectivity index (χ1) is 7.67. The number of carbonyl (C=O) groups is 1. The van der Waals surface area contributed by atoms with E-state index in [1.54, 1.807) is 0 Å². The van der Waals surface area contributed by atoms with Crippen molar-refractivity contribution >= 4 is 17.7 Å². The van der Waals surface area contributed by atoms with Crippen LogP contribution in [0.15, 0.2) is 12.3 Å². The zero-order chi connectivity index (χ0) is 12.0. The summed E-state index contributed by atoms with van der Waals surface area (Å²) in [6.45, 7) is 3.90. The maximum Gasteiger partial charge on any atom is 0.354 e. The van der Waals surface area contributed by atoms with E-state index in [9.17, 15) is 4.79 Å². The van der Waals surface area contributed by atoms with Crippen LogP contribution in [0, 0.1) is 0 Å². The zero-order valence-corrected chi connectivity index (χ0v) is 10.7. The first-order valence-electron chi connectivity index (χ1n) is 5.16. The quantitative estimate of drug-likeness (QED) is 0.745. The minimum atomic E-state index is -0.330. The van der Waals surface area contributed by atoms with Crippen molar-refractivity contribution in [3.63, 3.8) is 0 Å². The molecule has 0 aliphatic carbocycles. The van der Waals surface area contributed by atoms with Gasteiger partial charge in [0.1, 0.15) is 5.69 Å². The Morgan fingerprint density at radius 1 is 1.69 bits per heavy atom. The number of aromatic amines is 1. The third-order valence-electron chi connectivity index (χ3n) is 2.31. The molecule has 0 spiro atoms. The predicted molar refractivity (Wildman–Crippen MR) is 66.8 cm³/mol. The maximum absolute atomic E-state index is 11.2. The van der Waals surface area contributed by atoms with Gasteiger partial charge in [-0.1, -0.05) is 6.92 Å². The van der Waals surface area contributed by atoms with Gasteiger partial charge in [-0.3, -0.25) is 0 Å². The first kappa shape index (κ1) is 13.1. The summed E-state index contributed by atoms with van der Waals surface area (Å²) in [5, 5.41) is 3.93. The Morgan fingerprint density at radius 2 is 2.44 bits per heavy atom. The van der Waals surface area contributed by atoms with Crippen LogP contribution in [0.4, 0.5) is 0 Å². The van der Waals surface area contributed by atoms with Crippen LogP contribution in [-0.4, -0.2) is 36.1 Å². The van der Waals surface area contributed by atoms with Crippen LogP contribution < -0.4 is 5.32 Å². The van der Waals surface area contributed by atoms with Crippen molar-refractivity contribution < 1.29 is 9.53 Å². The average Bonchev–Trinajstić information content (AvgIpc) is 2.76. The van der Waals surface area contributed by atoms with Crippen molar-refractivity contribution in [2.45, 2.75) is 18.7 Å². The number of esters is 1. The van der Waals surface area contributed by atoms with Gasteiger partial charge in [0.25, 0.3) is 0 Å². The lowest BCUT2D eigenvalue weighted by molar-refractivity contribution is 0.0595. The van der Waals surface area contributed by atoms with Crippen LogP contribution >= 0.6 is 11.8 Å². The van der Waals surface area contributed by atoms with E-state index in [1.165, 1.54) is 7.11 Å². The van der Waals surface area contributed by atoms with Crippen LogP contribution in [0.3, 0.4) is 0 Å². The van der Waals surface area contributed by atoms with Gasteiger partial charge in [-0.15, -0.1) is 0 Å². The van der Waals surface area contributed by atoms with E-state index >= 15 is 0 Å². The van der Waals surface area contributed by atoms with E-state index in [1.807, 2.05) is 24.0 Å². The van der Waals surface area contributed by atoms with E-state index in [0.717, 1.165) is 18.7 Å². The van der Waals surface area contributed by atoms with Crippen molar-refractivity contribution in [2.24, 2.45) is 0 Å². The molecule has 1 unspecified atom stereocenters. The van der Waals surface area contributed by atoms with Gasteiger partial charge in [0, 0.05) is 24.5 Å². The maximum atomic E-state index is 11.2. The molecule has 0 bridgehead atoms. The van der Waals surface area contributed by atoms with Gasteiger partial charge in [-0.05, 0) is 17.9 Å². The molecule has 1 aromatic rings. The van der Waals surface area contributed by atoms with E-state index < -0.39 is 0 Å². The number of methoxy groups -OCH3 is 1. The molecule has 90 valence electrons. The van der Waals surface area contributed by atoms with Crippen molar-refractivity contribution in [3.05, 3.63) is 23.5 Å². The Hall–Kier alpha value is -0.940. The molecular formula is C11H18N2O2S. The van der Waals surface area contributed by atoms with E-state index in [-0.39, 0.29) is 5.97 Å². The third-order valence-corrected chi connectivity index (χ3v) is 3.28. The monoisotopic (exact) mass is 242 g/mol. The number of ether oxygens (including phenoxy) is 1. The molecule has 5 heteroatoms. The second-order valence-electron chi connectivity index (χ2n) is 3.59. The highest BCUT2D eigenvalue weighted by Crippen LogP contribution is 2.06. The van der Waals surface area contributed by atoms with Crippen LogP contribution in [0.2, 0.25) is 0 Å². The standard InChI is InChI=1S/C11H18N2O2S/c1-8(16-3)5-12-6-9-4-10(13-7-9)11(14)15-2/h4,7-8,12-13H,5-6H2,1-3H3. The summed E-state index contributed by atoms with van der Waals surface area (Å²) in [7, 11) is 1.38. The van der Waals surface area contributed by atoms with Crippen molar-refractivity contribution in [3.8, 4) is 0 Å². The summed E-state index contributed by atoms with van der Waals surface area (Å²) in [6, 6.07) is 1.81. The predicted octanol–water partition coefficient (Wildman–Crippen LogP) is 1.64. The molecule has 1 rings (SSSR count). The number of rotatable bonds is 6. The number of hydrogen-bond donors (Lipinski definition) is 2. The summed E-state index contributed by atoms with van der Waals surface area (Å²) in [5.74, 6) is -0.330. The van der Waals surface area contributed by atoms with E-state index in [0.29, 0.717) is 10.9 Å². The van der Waals surface area contributed by atoms with Gasteiger partial charge in [0.05, 0.1) is 7.11 Å². The van der Waals surface area contributed by atoms with Gasteiger partial charge in [-0.2, -0.15) is 11.8 Å². The molecular weight excluding hydrogens is 224 g/mol. The number of aromatic nitrogens is 1. The highest BCUT2D eigenvalue weighted by Gasteiger charge is 2.07. The second kappa shape index (κ2) is 6.60. The Bertz CT molecular complexity index is 338. The average molecular weight is 242 g/mol. The molecule has 0 fully saturated rings. The number of thioether (sulfide) groups is 1. The Morgan fingerprint density at radius 3 is 3.06 bits per heavy atom. The fraction of sp³-hybridized carbons (Fsp3) is 0.545. The van der Waals surface area contributed by atoms with Gasteiger partial charge in [-0.25, -0.2) is 4.79 Å². The number of H-pyrrole nitrogens is 1. The summed E-state index contributed by atoms with van der Waals surface area (Å²) in [6.07, 6.45) is 3.92. The molecule has 0 aliphatic heterocycles. The lowest BCUT2D eigenvalue weighted by Gasteiger charge is -2.08. The van der Waals surface area contributed by atoms with Crippen molar-refractivity contribution in [1.82, 2.24) is 10.3 Å². The molecule has 16 heavy (non-hydrogen) atoms. The molecule has 1 atom stereocenters. The van der Waals surface area contributed by atoms with E-state index in [4.69, 9.17) is 0 Å². The molecule has 0 saturated heterocycles. The first-order valence-corrected chi connectivity index (χ1v) is 6.45. The zero-order valence-electron chi connectivity index (χ0n) is 9.87. The van der Waals surface area contributed by atoms with Gasteiger partial charge in [0.15, 0.2) is 0 Å². The summed E-state index contributed by atoms with van der Waals surface area (Å²) >= 11 is 1.83. The minimum Gasteiger partial charge on any atom is -0.464 e. The van der Waals surface area contributed by atoms with Crippen LogP contribution in [0.1, 0.15) is 23.0 Å². The number of carbonyl (C=O) groups excluding carboxylic acids is 1. The molecule has 0 saturated carbocycles. The summed E-state index contributed by atoms with van der Waals surface area (Å²) in [5.41, 5.74) is 1.56. The fourth-order valence-electron chi connectivity index (χ4n) is 1.27. The van der Waals surface area contributed by atoms with Crippen molar-refractivity contribution in [1.29, 1.82) is 0 Å². The van der Waals surface area contributed by atoms with Gasteiger partial charge >= 0.3 is 5.97 Å². The van der Waals surface area contributed by atoms with Crippen LogP contribution in [-0.2, 0) is 11.3 Å². The molecule has 1 aromatic heterocycles. The molecule has 0 amide bonds. The normalized spacial score (nSPS) is 12.4. The van der Waals surface area contributed by atoms with Crippen molar-refractivity contribution in [2.75, 3.05) is 19.9 Å². The lowest BCUT2D eigenvalue weighted by Crippen LogP contribution is -2.21. The van der Waals surface area contributed by atoms with Crippen LogP contribution in [0.5, 0.6) is 0 Å². The smallest absolute Gasteiger partial charge is 0.354 e. The Kier molecular flexibility index (Phi) is 5.42. The third kappa shape index (κ3) is 3.90. The van der Waals surface area contributed by atoms with Gasteiger partial charge in [0.2, 0.25) is 0 Å². The molecule has 4 nitrogen and oxygen atoms in total. The van der Waals surface area contributed by atoms with Gasteiger partial charge < -0.3 is 15.0 Å². The molecule has 1 heterocycles. The minimum absolute atomic E-state index is 0.330. The highest BCUT2D eigenvalue weighted by atomic mass is 32.2. The molecule has 0 aromatic carbocycles. The Labute approximate surface area is 100 Å². The van der Waals surface area contributed by atoms with Crippen LogP contribution in [0.25, 0.3) is 0 Å². The summed E-state index contributed by atoms with van der Waals surface area (Å²) in [4.78, 5) is 14.1. The molecule has 0 radical (unpaired) electrons. The Balaban J connectivity index is 2.38. The largest absolute Gasteiger partial charge is 0.464 e. The number of hydrogen-bond acceptors (Lipinski definition) is 4. The molecule has 2 N–H and O–H groups in total.